The highest BCUT2D eigenvalue weighted by Crippen LogP contribution is 2.23. The molecule has 1 N–H and O–H groups in total. The minimum atomic E-state index is -0.318. The van der Waals surface area contributed by atoms with Crippen LogP contribution in [0.2, 0.25) is 0 Å². The van der Waals surface area contributed by atoms with E-state index in [1.54, 1.807) is 31.1 Å². The molecule has 124 valence electrons. The minimum Gasteiger partial charge on any atom is -0.468 e. The van der Waals surface area contributed by atoms with E-state index in [9.17, 15) is 4.79 Å². The van der Waals surface area contributed by atoms with Crippen molar-refractivity contribution in [3.63, 3.8) is 0 Å². The standard InChI is InChI=1S/C17H18N4O3/c22-17(19-8-14-3-1-5-23-14)16-11-20(10-15-4-2-6-24-15)9-13-7-18-12-21(13)16/h1-7,12,16H,8-11H2,(H,19,22). The molecular formula is C17H18N4O3. The third-order valence-electron chi connectivity index (χ3n) is 4.18. The molecule has 7 heteroatoms. The normalized spacial score (nSPS) is 17.6. The summed E-state index contributed by atoms with van der Waals surface area (Å²) in [5, 5.41) is 2.93. The number of nitrogens with one attached hydrogen (secondary N) is 1. The molecule has 4 heterocycles. The molecule has 1 aliphatic rings. The van der Waals surface area contributed by atoms with E-state index in [0.717, 1.165) is 23.8 Å². The fraction of sp³-hybridized carbons (Fsp3) is 0.294. The van der Waals surface area contributed by atoms with Crippen LogP contribution < -0.4 is 5.32 Å². The van der Waals surface area contributed by atoms with Crippen LogP contribution in [0.4, 0.5) is 0 Å². The topological polar surface area (TPSA) is 76.4 Å². The maximum Gasteiger partial charge on any atom is 0.244 e. The number of amides is 1. The van der Waals surface area contributed by atoms with Gasteiger partial charge in [0.25, 0.3) is 0 Å². The Bertz CT molecular complexity index is 792. The van der Waals surface area contributed by atoms with Gasteiger partial charge in [-0.25, -0.2) is 4.98 Å². The van der Waals surface area contributed by atoms with E-state index in [-0.39, 0.29) is 11.9 Å². The van der Waals surface area contributed by atoms with Gasteiger partial charge in [-0.2, -0.15) is 0 Å². The van der Waals surface area contributed by atoms with Crippen molar-refractivity contribution in [1.29, 1.82) is 0 Å². The second-order valence-electron chi connectivity index (χ2n) is 5.85. The van der Waals surface area contributed by atoms with Gasteiger partial charge in [-0.3, -0.25) is 9.69 Å². The number of fused-ring (bicyclic) bond motifs is 1. The highest BCUT2D eigenvalue weighted by atomic mass is 16.3. The number of aromatic nitrogens is 2. The first-order chi connectivity index (χ1) is 11.8. The number of hydrogen-bond donors (Lipinski definition) is 1. The molecule has 1 amide bonds. The van der Waals surface area contributed by atoms with Crippen LogP contribution in [-0.4, -0.2) is 26.9 Å². The lowest BCUT2D eigenvalue weighted by atomic mass is 10.1. The number of carbonyl (C=O) groups excluding carboxylic acids is 1. The van der Waals surface area contributed by atoms with Crippen molar-refractivity contribution in [3.8, 4) is 0 Å². The zero-order valence-corrected chi connectivity index (χ0v) is 13.1. The number of carbonyl (C=O) groups is 1. The zero-order chi connectivity index (χ0) is 16.4. The fourth-order valence-corrected chi connectivity index (χ4v) is 3.02. The molecule has 0 radical (unpaired) electrons. The molecule has 0 spiro atoms. The van der Waals surface area contributed by atoms with Gasteiger partial charge in [-0.15, -0.1) is 0 Å². The summed E-state index contributed by atoms with van der Waals surface area (Å²) in [6, 6.07) is 7.14. The highest BCUT2D eigenvalue weighted by molar-refractivity contribution is 5.80. The van der Waals surface area contributed by atoms with Gasteiger partial charge in [-0.05, 0) is 24.3 Å². The Morgan fingerprint density at radius 2 is 2.04 bits per heavy atom. The van der Waals surface area contributed by atoms with Gasteiger partial charge in [0, 0.05) is 19.3 Å². The number of furan rings is 2. The van der Waals surface area contributed by atoms with Gasteiger partial charge in [0.1, 0.15) is 17.6 Å². The van der Waals surface area contributed by atoms with Gasteiger partial charge in [-0.1, -0.05) is 0 Å². The van der Waals surface area contributed by atoms with Crippen LogP contribution in [0.3, 0.4) is 0 Å². The number of rotatable bonds is 5. The summed E-state index contributed by atoms with van der Waals surface area (Å²) in [5.74, 6) is 1.57. The molecule has 1 atom stereocenters. The Morgan fingerprint density at radius 1 is 1.25 bits per heavy atom. The maximum absolute atomic E-state index is 12.7. The SMILES string of the molecule is O=C(NCc1ccco1)C1CN(Cc2ccco2)Cc2cncn21. The summed E-state index contributed by atoms with van der Waals surface area (Å²) < 4.78 is 12.6. The summed E-state index contributed by atoms with van der Waals surface area (Å²) in [5.41, 5.74) is 1.02. The monoisotopic (exact) mass is 326 g/mol. The molecule has 24 heavy (non-hydrogen) atoms. The Hall–Kier alpha value is -2.80. The first-order valence-electron chi connectivity index (χ1n) is 7.85. The van der Waals surface area contributed by atoms with Crippen molar-refractivity contribution in [3.05, 3.63) is 66.5 Å². The van der Waals surface area contributed by atoms with E-state index >= 15 is 0 Å². The number of nitrogens with zero attached hydrogens (tertiary/aromatic N) is 3. The van der Waals surface area contributed by atoms with E-state index in [1.165, 1.54) is 0 Å². The van der Waals surface area contributed by atoms with Gasteiger partial charge in [0.2, 0.25) is 5.91 Å². The van der Waals surface area contributed by atoms with Gasteiger partial charge in [0.15, 0.2) is 0 Å². The van der Waals surface area contributed by atoms with E-state index in [4.69, 9.17) is 8.83 Å². The van der Waals surface area contributed by atoms with Crippen LogP contribution in [0.25, 0.3) is 0 Å². The summed E-state index contributed by atoms with van der Waals surface area (Å²) >= 11 is 0. The van der Waals surface area contributed by atoms with Crippen molar-refractivity contribution in [2.45, 2.75) is 25.7 Å². The van der Waals surface area contributed by atoms with E-state index < -0.39 is 0 Å². The Balaban J connectivity index is 1.47. The third kappa shape index (κ3) is 2.98. The molecule has 1 unspecified atom stereocenters. The molecule has 0 fully saturated rings. The smallest absolute Gasteiger partial charge is 0.244 e. The predicted octanol–water partition coefficient (Wildman–Crippen LogP) is 1.94. The first kappa shape index (κ1) is 14.8. The quantitative estimate of drug-likeness (QED) is 0.775. The van der Waals surface area contributed by atoms with Crippen molar-refractivity contribution in [1.82, 2.24) is 19.8 Å². The third-order valence-corrected chi connectivity index (χ3v) is 4.18. The predicted molar refractivity (Wildman–Crippen MR) is 84.6 cm³/mol. The average molecular weight is 326 g/mol. The first-order valence-corrected chi connectivity index (χ1v) is 7.85. The van der Waals surface area contributed by atoms with E-state index in [2.05, 4.69) is 15.2 Å². The van der Waals surface area contributed by atoms with Gasteiger partial charge in [0.05, 0.1) is 37.6 Å². The van der Waals surface area contributed by atoms with E-state index in [1.807, 2.05) is 22.8 Å². The number of hydrogen-bond acceptors (Lipinski definition) is 5. The zero-order valence-electron chi connectivity index (χ0n) is 13.1. The summed E-state index contributed by atoms with van der Waals surface area (Å²) in [6.45, 7) is 2.39. The largest absolute Gasteiger partial charge is 0.468 e. The average Bonchev–Trinajstić information content (AvgIpc) is 3.33. The molecule has 0 saturated heterocycles. The molecule has 0 saturated carbocycles. The van der Waals surface area contributed by atoms with Crippen molar-refractivity contribution < 1.29 is 13.6 Å². The molecule has 0 aromatic carbocycles. The highest BCUT2D eigenvalue weighted by Gasteiger charge is 2.30. The lowest BCUT2D eigenvalue weighted by Crippen LogP contribution is -2.43. The fourth-order valence-electron chi connectivity index (χ4n) is 3.02. The van der Waals surface area contributed by atoms with Crippen LogP contribution in [0.15, 0.2) is 58.2 Å². The Morgan fingerprint density at radius 3 is 2.79 bits per heavy atom. The van der Waals surface area contributed by atoms with Gasteiger partial charge < -0.3 is 18.7 Å². The summed E-state index contributed by atoms with van der Waals surface area (Å²) in [6.07, 6.45) is 6.79. The minimum absolute atomic E-state index is 0.0465. The lowest BCUT2D eigenvalue weighted by Gasteiger charge is -2.33. The molecule has 0 bridgehead atoms. The van der Waals surface area contributed by atoms with Crippen molar-refractivity contribution in [2.75, 3.05) is 6.54 Å². The van der Waals surface area contributed by atoms with Crippen LogP contribution >= 0.6 is 0 Å². The molecule has 1 aliphatic heterocycles. The Kier molecular flexibility index (Phi) is 3.92. The lowest BCUT2D eigenvalue weighted by molar-refractivity contribution is -0.126. The Labute approximate surface area is 138 Å². The van der Waals surface area contributed by atoms with Crippen LogP contribution in [0.5, 0.6) is 0 Å². The molecule has 0 aliphatic carbocycles. The molecule has 7 nitrogen and oxygen atoms in total. The molecule has 4 rings (SSSR count). The maximum atomic E-state index is 12.7. The van der Waals surface area contributed by atoms with Crippen LogP contribution in [0.1, 0.15) is 23.3 Å². The van der Waals surface area contributed by atoms with Gasteiger partial charge >= 0.3 is 0 Å². The second kappa shape index (κ2) is 6.37. The summed E-state index contributed by atoms with van der Waals surface area (Å²) in [4.78, 5) is 19.0. The molecular weight excluding hydrogens is 308 g/mol. The summed E-state index contributed by atoms with van der Waals surface area (Å²) in [7, 11) is 0. The van der Waals surface area contributed by atoms with Crippen LogP contribution in [0, 0.1) is 0 Å². The molecule has 3 aromatic heterocycles. The van der Waals surface area contributed by atoms with Crippen LogP contribution in [-0.2, 0) is 24.4 Å². The van der Waals surface area contributed by atoms with E-state index in [0.29, 0.717) is 19.6 Å². The second-order valence-corrected chi connectivity index (χ2v) is 5.85. The van der Waals surface area contributed by atoms with Crippen molar-refractivity contribution >= 4 is 5.91 Å². The number of imidazole rings is 1. The van der Waals surface area contributed by atoms with Crippen molar-refractivity contribution in [2.24, 2.45) is 0 Å². The molecule has 3 aromatic rings.